The van der Waals surface area contributed by atoms with Crippen molar-refractivity contribution in [2.75, 3.05) is 0 Å². The highest BCUT2D eigenvalue weighted by molar-refractivity contribution is 6.30. The van der Waals surface area contributed by atoms with Crippen molar-refractivity contribution < 1.29 is 18.0 Å². The molecule has 3 aromatic carbocycles. The number of fused-ring (bicyclic) bond motifs is 1. The lowest BCUT2D eigenvalue weighted by molar-refractivity contribution is -0.144. The van der Waals surface area contributed by atoms with Crippen molar-refractivity contribution in [1.82, 2.24) is 15.3 Å². The van der Waals surface area contributed by atoms with Crippen LogP contribution < -0.4 is 5.32 Å². The molecule has 0 saturated carbocycles. The van der Waals surface area contributed by atoms with Crippen LogP contribution >= 0.6 is 11.6 Å². The Bertz CT molecular complexity index is 1190. The summed E-state index contributed by atoms with van der Waals surface area (Å²) in [5, 5.41) is 3.46. The largest absolute Gasteiger partial charge is 0.449 e. The maximum atomic E-state index is 13.0. The number of imidazole rings is 1. The molecule has 0 radical (unpaired) electrons. The van der Waals surface area contributed by atoms with Crippen LogP contribution in [0.3, 0.4) is 0 Å². The molecule has 0 saturated heterocycles. The Morgan fingerprint density at radius 1 is 0.967 bits per heavy atom. The maximum absolute atomic E-state index is 13.0. The van der Waals surface area contributed by atoms with Gasteiger partial charge in [0.05, 0.1) is 17.1 Å². The third-order valence-electron chi connectivity index (χ3n) is 4.62. The summed E-state index contributed by atoms with van der Waals surface area (Å²) >= 11 is 5.88. The lowest BCUT2D eigenvalue weighted by Crippen LogP contribution is -2.29. The molecule has 4 rings (SSSR count). The first-order valence-corrected chi connectivity index (χ1v) is 9.37. The first kappa shape index (κ1) is 20.0. The minimum absolute atomic E-state index is 0.196. The lowest BCUT2D eigenvalue weighted by Gasteiger charge is -2.20. The summed E-state index contributed by atoms with van der Waals surface area (Å²) in [5.74, 6) is -1.39. The first-order chi connectivity index (χ1) is 14.3. The van der Waals surface area contributed by atoms with Crippen LogP contribution in [0.25, 0.3) is 11.0 Å². The second kappa shape index (κ2) is 7.84. The highest BCUT2D eigenvalue weighted by atomic mass is 35.5. The molecular weight excluding hydrogens is 415 g/mol. The van der Waals surface area contributed by atoms with Crippen LogP contribution in [-0.2, 0) is 6.18 Å². The van der Waals surface area contributed by atoms with Gasteiger partial charge >= 0.3 is 6.18 Å². The monoisotopic (exact) mass is 429 g/mol. The summed E-state index contributed by atoms with van der Waals surface area (Å²) in [6.45, 7) is 0. The number of hydrogen-bond donors (Lipinski definition) is 2. The molecule has 1 atom stereocenters. The fourth-order valence-corrected chi connectivity index (χ4v) is 3.29. The van der Waals surface area contributed by atoms with E-state index in [0.717, 1.165) is 5.56 Å². The van der Waals surface area contributed by atoms with Crippen molar-refractivity contribution in [3.63, 3.8) is 0 Å². The van der Waals surface area contributed by atoms with E-state index in [1.54, 1.807) is 36.4 Å². The molecule has 1 heterocycles. The van der Waals surface area contributed by atoms with Crippen LogP contribution in [0.5, 0.6) is 0 Å². The van der Waals surface area contributed by atoms with Crippen LogP contribution in [0.2, 0.25) is 5.02 Å². The highest BCUT2D eigenvalue weighted by Gasteiger charge is 2.34. The maximum Gasteiger partial charge on any atom is 0.449 e. The van der Waals surface area contributed by atoms with Gasteiger partial charge in [0.2, 0.25) is 5.82 Å². The molecule has 152 valence electrons. The third kappa shape index (κ3) is 4.16. The van der Waals surface area contributed by atoms with Gasteiger partial charge in [-0.3, -0.25) is 4.79 Å². The summed E-state index contributed by atoms with van der Waals surface area (Å²) < 4.78 is 38.9. The van der Waals surface area contributed by atoms with Crippen molar-refractivity contribution >= 4 is 28.5 Å². The van der Waals surface area contributed by atoms with Crippen molar-refractivity contribution in [2.45, 2.75) is 12.2 Å². The molecule has 30 heavy (non-hydrogen) atoms. The fraction of sp³-hybridized carbons (Fsp3) is 0.0909. The Balaban J connectivity index is 1.72. The van der Waals surface area contributed by atoms with E-state index in [-0.39, 0.29) is 16.9 Å². The van der Waals surface area contributed by atoms with Gasteiger partial charge in [-0.2, -0.15) is 13.2 Å². The Kier molecular flexibility index (Phi) is 5.22. The van der Waals surface area contributed by atoms with Gasteiger partial charge in [0.25, 0.3) is 5.91 Å². The Morgan fingerprint density at radius 2 is 1.67 bits per heavy atom. The molecule has 8 heteroatoms. The van der Waals surface area contributed by atoms with Gasteiger partial charge in [-0.1, -0.05) is 48.0 Å². The number of carbonyl (C=O) groups is 1. The van der Waals surface area contributed by atoms with E-state index in [4.69, 9.17) is 11.6 Å². The molecule has 0 bridgehead atoms. The molecule has 4 nitrogen and oxygen atoms in total. The Labute approximate surface area is 174 Å². The molecule has 0 aliphatic rings. The molecule has 0 spiro atoms. The summed E-state index contributed by atoms with van der Waals surface area (Å²) in [4.78, 5) is 18.7. The average Bonchev–Trinajstić information content (AvgIpc) is 3.17. The number of benzene rings is 3. The first-order valence-electron chi connectivity index (χ1n) is 8.99. The number of halogens is 4. The molecule has 1 unspecified atom stereocenters. The van der Waals surface area contributed by atoms with Gasteiger partial charge in [0.15, 0.2) is 0 Å². The number of carbonyl (C=O) groups excluding carboxylic acids is 1. The summed E-state index contributed by atoms with van der Waals surface area (Å²) in [6, 6.07) is 19.8. The molecule has 2 N–H and O–H groups in total. The second-order valence-corrected chi connectivity index (χ2v) is 7.12. The SMILES string of the molecule is O=C(NC(c1ccccc1)c1ccc2nc(C(F)(F)F)[nH]c2c1)c1ccc(Cl)cc1. The lowest BCUT2D eigenvalue weighted by atomic mass is 9.97. The summed E-state index contributed by atoms with van der Waals surface area (Å²) in [7, 11) is 0. The number of aromatic nitrogens is 2. The Hall–Kier alpha value is -3.32. The zero-order chi connectivity index (χ0) is 21.3. The van der Waals surface area contributed by atoms with Crippen molar-refractivity contribution in [2.24, 2.45) is 0 Å². The van der Waals surface area contributed by atoms with Crippen LogP contribution in [0, 0.1) is 0 Å². The van der Waals surface area contributed by atoms with E-state index in [0.29, 0.717) is 16.1 Å². The minimum atomic E-state index is -4.57. The zero-order valence-electron chi connectivity index (χ0n) is 15.4. The smallest absolute Gasteiger partial charge is 0.341 e. The van der Waals surface area contributed by atoms with Gasteiger partial charge in [-0.25, -0.2) is 4.98 Å². The molecule has 0 aliphatic carbocycles. The van der Waals surface area contributed by atoms with Crippen molar-refractivity contribution in [3.05, 3.63) is 100 Å². The van der Waals surface area contributed by atoms with Gasteiger partial charge in [-0.05, 0) is 47.5 Å². The average molecular weight is 430 g/mol. The molecular formula is C22H15ClF3N3O. The minimum Gasteiger partial charge on any atom is -0.341 e. The number of hydrogen-bond acceptors (Lipinski definition) is 2. The quantitative estimate of drug-likeness (QED) is 0.433. The van der Waals surface area contributed by atoms with Crippen LogP contribution in [0.4, 0.5) is 13.2 Å². The van der Waals surface area contributed by atoms with Gasteiger partial charge in [0.1, 0.15) is 0 Å². The Morgan fingerprint density at radius 3 is 2.33 bits per heavy atom. The normalized spacial score (nSPS) is 12.7. The summed E-state index contributed by atoms with van der Waals surface area (Å²) in [5.41, 5.74) is 2.26. The number of H-pyrrole nitrogens is 1. The second-order valence-electron chi connectivity index (χ2n) is 6.68. The van der Waals surface area contributed by atoms with E-state index >= 15 is 0 Å². The van der Waals surface area contributed by atoms with Gasteiger partial charge in [0, 0.05) is 10.6 Å². The number of nitrogens with zero attached hydrogens (tertiary/aromatic N) is 1. The van der Waals surface area contributed by atoms with E-state index in [9.17, 15) is 18.0 Å². The molecule has 1 aromatic heterocycles. The van der Waals surface area contributed by atoms with Crippen LogP contribution in [0.15, 0.2) is 72.8 Å². The van der Waals surface area contributed by atoms with Gasteiger partial charge in [-0.15, -0.1) is 0 Å². The number of rotatable bonds is 4. The number of aromatic amines is 1. The molecule has 1 amide bonds. The molecule has 0 fully saturated rings. The third-order valence-corrected chi connectivity index (χ3v) is 4.87. The predicted molar refractivity (Wildman–Crippen MR) is 108 cm³/mol. The van der Waals surface area contributed by atoms with Crippen molar-refractivity contribution in [3.8, 4) is 0 Å². The van der Waals surface area contributed by atoms with E-state index in [1.165, 1.54) is 6.07 Å². The molecule has 0 aliphatic heterocycles. The number of amides is 1. The van der Waals surface area contributed by atoms with Crippen LogP contribution in [-0.4, -0.2) is 15.9 Å². The molecule has 4 aromatic rings. The fourth-order valence-electron chi connectivity index (χ4n) is 3.16. The topological polar surface area (TPSA) is 57.8 Å². The van der Waals surface area contributed by atoms with E-state index in [2.05, 4.69) is 15.3 Å². The standard InChI is InChI=1S/C22H15ClF3N3O/c23-16-9-6-14(7-10-16)20(30)29-19(13-4-2-1-3-5-13)15-8-11-17-18(12-15)28-21(27-17)22(24,25)26/h1-12,19H,(H,27,28)(H,29,30). The summed E-state index contributed by atoms with van der Waals surface area (Å²) in [6.07, 6.45) is -4.57. The van der Waals surface area contributed by atoms with Gasteiger partial charge < -0.3 is 10.3 Å². The highest BCUT2D eigenvalue weighted by Crippen LogP contribution is 2.30. The van der Waals surface area contributed by atoms with E-state index in [1.807, 2.05) is 30.3 Å². The zero-order valence-corrected chi connectivity index (χ0v) is 16.1. The predicted octanol–water partition coefficient (Wildman–Crippen LogP) is 5.75. The number of nitrogens with one attached hydrogen (secondary N) is 2. The van der Waals surface area contributed by atoms with E-state index < -0.39 is 18.0 Å². The van der Waals surface area contributed by atoms with Crippen molar-refractivity contribution in [1.29, 1.82) is 0 Å². The van der Waals surface area contributed by atoms with Crippen LogP contribution in [0.1, 0.15) is 33.4 Å². The number of alkyl halides is 3.